The van der Waals surface area contributed by atoms with Crippen molar-refractivity contribution < 1.29 is 4.74 Å². The van der Waals surface area contributed by atoms with Crippen molar-refractivity contribution in [1.29, 1.82) is 0 Å². The lowest BCUT2D eigenvalue weighted by Gasteiger charge is -2.29. The molecule has 0 saturated carbocycles. The highest BCUT2D eigenvalue weighted by Gasteiger charge is 2.24. The van der Waals surface area contributed by atoms with E-state index in [0.29, 0.717) is 6.04 Å². The minimum absolute atomic E-state index is 0. The summed E-state index contributed by atoms with van der Waals surface area (Å²) in [6.45, 7) is 4.11. The van der Waals surface area contributed by atoms with Gasteiger partial charge in [-0.2, -0.15) is 11.8 Å². The molecule has 0 aliphatic carbocycles. The maximum atomic E-state index is 5.41. The molecule has 0 aromatic heterocycles. The van der Waals surface area contributed by atoms with Crippen molar-refractivity contribution in [3.8, 4) is 5.75 Å². The normalized spacial score (nSPS) is 16.0. The van der Waals surface area contributed by atoms with E-state index in [1.165, 1.54) is 24.2 Å². The maximum absolute atomic E-state index is 5.41. The third kappa shape index (κ3) is 7.52. The van der Waals surface area contributed by atoms with Crippen LogP contribution in [0.25, 0.3) is 0 Å². The van der Waals surface area contributed by atoms with Gasteiger partial charge in [0.05, 0.1) is 13.2 Å². The van der Waals surface area contributed by atoms with Crippen LogP contribution < -0.4 is 15.4 Å². The number of guanidine groups is 1. The zero-order valence-electron chi connectivity index (χ0n) is 16.2. The minimum atomic E-state index is 0. The Balaban J connectivity index is 0.00000338. The molecule has 0 spiro atoms. The SMILES string of the molecule is CN=C(NCCCSC)NCC(c1cccc(OC)c1)N1CCCC1.I. The molecule has 5 nitrogen and oxygen atoms in total. The van der Waals surface area contributed by atoms with E-state index in [0.717, 1.165) is 44.3 Å². The molecular weight excluding hydrogens is 459 g/mol. The number of thioether (sulfide) groups is 1. The van der Waals surface area contributed by atoms with Gasteiger partial charge >= 0.3 is 0 Å². The summed E-state index contributed by atoms with van der Waals surface area (Å²) < 4.78 is 5.41. The van der Waals surface area contributed by atoms with Crippen LogP contribution in [-0.4, -0.2) is 63.2 Å². The second-order valence-corrected chi connectivity index (χ2v) is 7.25. The zero-order chi connectivity index (χ0) is 17.9. The highest BCUT2D eigenvalue weighted by molar-refractivity contribution is 14.0. The number of hydrogen-bond acceptors (Lipinski definition) is 4. The molecule has 1 unspecified atom stereocenters. The number of methoxy groups -OCH3 is 1. The summed E-state index contributed by atoms with van der Waals surface area (Å²) in [5, 5.41) is 6.92. The highest BCUT2D eigenvalue weighted by atomic mass is 127. The largest absolute Gasteiger partial charge is 0.497 e. The topological polar surface area (TPSA) is 48.9 Å². The first-order valence-electron chi connectivity index (χ1n) is 9.10. The van der Waals surface area contributed by atoms with Crippen molar-refractivity contribution in [3.05, 3.63) is 29.8 Å². The maximum Gasteiger partial charge on any atom is 0.191 e. The predicted octanol–water partition coefficient (Wildman–Crippen LogP) is 3.37. The standard InChI is InChI=1S/C19H32N4OS.HI/c1-20-19(21-10-7-13-25-3)22-15-18(23-11-4-5-12-23)16-8-6-9-17(14-16)24-2;/h6,8-9,14,18H,4-5,7,10-13,15H2,1-3H3,(H2,20,21,22);1H. The summed E-state index contributed by atoms with van der Waals surface area (Å²) in [7, 11) is 3.56. The fraction of sp³-hybridized carbons (Fsp3) is 0.632. The zero-order valence-corrected chi connectivity index (χ0v) is 19.3. The molecule has 7 heteroatoms. The van der Waals surface area contributed by atoms with Gasteiger partial charge in [-0.15, -0.1) is 24.0 Å². The summed E-state index contributed by atoms with van der Waals surface area (Å²) in [6, 6.07) is 8.76. The molecule has 1 heterocycles. The molecule has 0 radical (unpaired) electrons. The number of ether oxygens (including phenoxy) is 1. The first kappa shape index (κ1) is 23.4. The smallest absolute Gasteiger partial charge is 0.191 e. The number of aliphatic imine (C=N–C) groups is 1. The van der Waals surface area contributed by atoms with E-state index >= 15 is 0 Å². The molecule has 1 aliphatic heterocycles. The molecule has 0 amide bonds. The van der Waals surface area contributed by atoms with Gasteiger partial charge in [-0.3, -0.25) is 9.89 Å². The van der Waals surface area contributed by atoms with Crippen molar-refractivity contribution in [2.45, 2.75) is 25.3 Å². The van der Waals surface area contributed by atoms with Gasteiger partial charge in [-0.05, 0) is 62.1 Å². The molecule has 1 aromatic carbocycles. The third-order valence-corrected chi connectivity index (χ3v) is 5.26. The quantitative estimate of drug-likeness (QED) is 0.240. The van der Waals surface area contributed by atoms with Crippen LogP contribution in [0.5, 0.6) is 5.75 Å². The Kier molecular flexibility index (Phi) is 12.1. The second-order valence-electron chi connectivity index (χ2n) is 6.26. The number of rotatable bonds is 9. The van der Waals surface area contributed by atoms with E-state index in [4.69, 9.17) is 4.74 Å². The van der Waals surface area contributed by atoms with Gasteiger partial charge in [0.2, 0.25) is 0 Å². The van der Waals surface area contributed by atoms with E-state index in [1.54, 1.807) is 7.11 Å². The summed E-state index contributed by atoms with van der Waals surface area (Å²) in [5.74, 6) is 2.97. The van der Waals surface area contributed by atoms with Gasteiger partial charge in [0.25, 0.3) is 0 Å². The number of nitrogens with one attached hydrogen (secondary N) is 2. The van der Waals surface area contributed by atoms with E-state index in [2.05, 4.69) is 45.0 Å². The van der Waals surface area contributed by atoms with Crippen LogP contribution in [0.1, 0.15) is 30.9 Å². The number of halogens is 1. The Morgan fingerprint density at radius 3 is 2.73 bits per heavy atom. The fourth-order valence-corrected chi connectivity index (χ4v) is 3.63. The Bertz CT molecular complexity index is 538. The molecule has 148 valence electrons. The van der Waals surface area contributed by atoms with Crippen molar-refractivity contribution in [1.82, 2.24) is 15.5 Å². The predicted molar refractivity (Wildman–Crippen MR) is 124 cm³/mol. The molecule has 0 bridgehead atoms. The molecule has 1 fully saturated rings. The van der Waals surface area contributed by atoms with Crippen LogP contribution in [0.2, 0.25) is 0 Å². The number of nitrogens with zero attached hydrogens (tertiary/aromatic N) is 2. The van der Waals surface area contributed by atoms with Crippen molar-refractivity contribution in [3.63, 3.8) is 0 Å². The Morgan fingerprint density at radius 1 is 1.31 bits per heavy atom. The second kappa shape index (κ2) is 13.5. The van der Waals surface area contributed by atoms with Crippen LogP contribution in [0.3, 0.4) is 0 Å². The average Bonchev–Trinajstić information content (AvgIpc) is 3.18. The fourth-order valence-electron chi connectivity index (χ4n) is 3.20. The highest BCUT2D eigenvalue weighted by Crippen LogP contribution is 2.27. The number of hydrogen-bond donors (Lipinski definition) is 2. The van der Waals surface area contributed by atoms with Crippen molar-refractivity contribution >= 4 is 41.7 Å². The first-order chi connectivity index (χ1) is 12.3. The number of likely N-dealkylation sites (tertiary alicyclic amines) is 1. The van der Waals surface area contributed by atoms with Crippen molar-refractivity contribution in [2.75, 3.05) is 52.3 Å². The van der Waals surface area contributed by atoms with Crippen LogP contribution in [0.15, 0.2) is 29.3 Å². The molecule has 1 saturated heterocycles. The average molecular weight is 492 g/mol. The van der Waals surface area contributed by atoms with Gasteiger partial charge in [0.1, 0.15) is 5.75 Å². The minimum Gasteiger partial charge on any atom is -0.497 e. The van der Waals surface area contributed by atoms with Crippen molar-refractivity contribution in [2.24, 2.45) is 4.99 Å². The molecule has 26 heavy (non-hydrogen) atoms. The molecule has 1 atom stereocenters. The monoisotopic (exact) mass is 492 g/mol. The molecule has 1 aromatic rings. The summed E-state index contributed by atoms with van der Waals surface area (Å²) in [6.07, 6.45) is 5.85. The molecule has 2 N–H and O–H groups in total. The summed E-state index contributed by atoms with van der Waals surface area (Å²) in [5.41, 5.74) is 1.30. The van der Waals surface area contributed by atoms with Crippen LogP contribution in [0, 0.1) is 0 Å². The lowest BCUT2D eigenvalue weighted by Crippen LogP contribution is -2.43. The lowest BCUT2D eigenvalue weighted by molar-refractivity contribution is 0.245. The third-order valence-electron chi connectivity index (χ3n) is 4.56. The Labute approximate surface area is 179 Å². The van der Waals surface area contributed by atoms with Gasteiger partial charge in [0.15, 0.2) is 5.96 Å². The lowest BCUT2D eigenvalue weighted by atomic mass is 10.1. The molecule has 2 rings (SSSR count). The first-order valence-corrected chi connectivity index (χ1v) is 10.5. The summed E-state index contributed by atoms with van der Waals surface area (Å²) in [4.78, 5) is 6.91. The van der Waals surface area contributed by atoms with Gasteiger partial charge < -0.3 is 15.4 Å². The Hall–Kier alpha value is -0.670. The molecule has 1 aliphatic rings. The van der Waals surface area contributed by atoms with Crippen LogP contribution in [0.4, 0.5) is 0 Å². The number of benzene rings is 1. The van der Waals surface area contributed by atoms with E-state index < -0.39 is 0 Å². The van der Waals surface area contributed by atoms with Gasteiger partial charge in [0, 0.05) is 20.1 Å². The van der Waals surface area contributed by atoms with E-state index in [-0.39, 0.29) is 24.0 Å². The van der Waals surface area contributed by atoms with Gasteiger partial charge in [-0.1, -0.05) is 12.1 Å². The molecular formula is C19H33IN4OS. The van der Waals surface area contributed by atoms with Crippen LogP contribution >= 0.6 is 35.7 Å². The van der Waals surface area contributed by atoms with E-state index in [9.17, 15) is 0 Å². The van der Waals surface area contributed by atoms with Crippen LogP contribution in [-0.2, 0) is 0 Å². The summed E-state index contributed by atoms with van der Waals surface area (Å²) >= 11 is 1.88. The van der Waals surface area contributed by atoms with Gasteiger partial charge in [-0.25, -0.2) is 0 Å². The van der Waals surface area contributed by atoms with E-state index in [1.807, 2.05) is 24.9 Å². The Morgan fingerprint density at radius 2 is 2.08 bits per heavy atom.